The van der Waals surface area contributed by atoms with Crippen LogP contribution >= 0.6 is 0 Å². The van der Waals surface area contributed by atoms with Crippen LogP contribution in [0.25, 0.3) is 0 Å². The van der Waals surface area contributed by atoms with E-state index in [0.29, 0.717) is 5.56 Å². The molecular formula is C14H12O4. The van der Waals surface area contributed by atoms with Gasteiger partial charge >= 0.3 is 5.97 Å². The largest absolute Gasteiger partial charge is 0.508 e. The monoisotopic (exact) mass is 244 g/mol. The van der Waals surface area contributed by atoms with Crippen LogP contribution < -0.4 is 4.74 Å². The van der Waals surface area contributed by atoms with Crippen LogP contribution in [0.4, 0.5) is 0 Å². The van der Waals surface area contributed by atoms with Crippen molar-refractivity contribution in [2.45, 2.75) is 6.10 Å². The fourth-order valence-electron chi connectivity index (χ4n) is 1.46. The summed E-state index contributed by atoms with van der Waals surface area (Å²) < 4.78 is 4.99. The van der Waals surface area contributed by atoms with E-state index >= 15 is 0 Å². The third-order valence-electron chi connectivity index (χ3n) is 2.39. The highest BCUT2D eigenvalue weighted by Gasteiger charge is 2.19. The predicted molar refractivity (Wildman–Crippen MR) is 65.1 cm³/mol. The Kier molecular flexibility index (Phi) is 3.60. The molecule has 0 spiro atoms. The molecular weight excluding hydrogens is 232 g/mol. The summed E-state index contributed by atoms with van der Waals surface area (Å²) in [4.78, 5) is 11.7. The summed E-state index contributed by atoms with van der Waals surface area (Å²) in [5.41, 5.74) is 0.473. The second-order valence-corrected chi connectivity index (χ2v) is 3.73. The molecule has 0 unspecified atom stereocenters. The standard InChI is InChI=1S/C14H12O4/c15-11-6-8-12(9-7-11)18-14(17)13(16)10-4-2-1-3-5-10/h1-9,13,15-16H/t13-/m1/s1. The molecule has 2 aromatic rings. The molecule has 0 aliphatic rings. The van der Waals surface area contributed by atoms with Crippen LogP contribution in [0.15, 0.2) is 54.6 Å². The van der Waals surface area contributed by atoms with Gasteiger partial charge in [-0.2, -0.15) is 0 Å². The molecule has 18 heavy (non-hydrogen) atoms. The van der Waals surface area contributed by atoms with Gasteiger partial charge in [0.05, 0.1) is 0 Å². The van der Waals surface area contributed by atoms with Gasteiger partial charge in [-0.15, -0.1) is 0 Å². The van der Waals surface area contributed by atoms with Gasteiger partial charge in [0, 0.05) is 0 Å². The molecule has 0 saturated heterocycles. The number of phenols is 1. The first-order valence-electron chi connectivity index (χ1n) is 5.40. The molecule has 4 nitrogen and oxygen atoms in total. The van der Waals surface area contributed by atoms with Crippen molar-refractivity contribution in [2.75, 3.05) is 0 Å². The fraction of sp³-hybridized carbons (Fsp3) is 0.0714. The molecule has 0 aliphatic carbocycles. The molecule has 0 aromatic heterocycles. The highest BCUT2D eigenvalue weighted by Crippen LogP contribution is 2.19. The lowest BCUT2D eigenvalue weighted by Gasteiger charge is -2.10. The number of aliphatic hydroxyl groups is 1. The highest BCUT2D eigenvalue weighted by molar-refractivity contribution is 5.78. The molecule has 4 heteroatoms. The first-order chi connectivity index (χ1) is 8.66. The third kappa shape index (κ3) is 2.87. The SMILES string of the molecule is O=C(Oc1ccc(O)cc1)[C@H](O)c1ccccc1. The van der Waals surface area contributed by atoms with E-state index in [9.17, 15) is 9.90 Å². The summed E-state index contributed by atoms with van der Waals surface area (Å²) in [6.07, 6.45) is -1.32. The van der Waals surface area contributed by atoms with E-state index in [1.807, 2.05) is 0 Å². The van der Waals surface area contributed by atoms with Crippen molar-refractivity contribution in [1.82, 2.24) is 0 Å². The summed E-state index contributed by atoms with van der Waals surface area (Å²) >= 11 is 0. The first kappa shape index (κ1) is 12.1. The van der Waals surface area contributed by atoms with Crippen LogP contribution in [-0.4, -0.2) is 16.2 Å². The van der Waals surface area contributed by atoms with Crippen molar-refractivity contribution >= 4 is 5.97 Å². The highest BCUT2D eigenvalue weighted by atomic mass is 16.5. The molecule has 0 heterocycles. The zero-order valence-electron chi connectivity index (χ0n) is 9.48. The molecule has 0 amide bonds. The molecule has 2 N–H and O–H groups in total. The van der Waals surface area contributed by atoms with Crippen molar-refractivity contribution < 1.29 is 19.7 Å². The number of esters is 1. The van der Waals surface area contributed by atoms with Gasteiger partial charge in [-0.25, -0.2) is 4.79 Å². The van der Waals surface area contributed by atoms with Crippen LogP contribution in [0.3, 0.4) is 0 Å². The summed E-state index contributed by atoms with van der Waals surface area (Å²) in [6.45, 7) is 0. The van der Waals surface area contributed by atoms with Crippen LogP contribution in [0.1, 0.15) is 11.7 Å². The quantitative estimate of drug-likeness (QED) is 0.640. The maximum Gasteiger partial charge on any atom is 0.345 e. The number of aromatic hydroxyl groups is 1. The van der Waals surface area contributed by atoms with Crippen molar-refractivity contribution in [3.8, 4) is 11.5 Å². The lowest BCUT2D eigenvalue weighted by Crippen LogP contribution is -2.18. The van der Waals surface area contributed by atoms with Crippen molar-refractivity contribution in [3.63, 3.8) is 0 Å². The minimum atomic E-state index is -1.32. The van der Waals surface area contributed by atoms with Gasteiger partial charge in [0.1, 0.15) is 11.5 Å². The summed E-state index contributed by atoms with van der Waals surface area (Å²) in [7, 11) is 0. The van der Waals surface area contributed by atoms with E-state index in [-0.39, 0.29) is 11.5 Å². The Morgan fingerprint density at radius 3 is 2.22 bits per heavy atom. The summed E-state index contributed by atoms with van der Waals surface area (Å²) in [5, 5.41) is 18.9. The van der Waals surface area contributed by atoms with Crippen LogP contribution in [-0.2, 0) is 4.79 Å². The molecule has 2 rings (SSSR count). The van der Waals surface area contributed by atoms with Crippen LogP contribution in [0.2, 0.25) is 0 Å². The van der Waals surface area contributed by atoms with Crippen molar-refractivity contribution in [3.05, 3.63) is 60.2 Å². The topological polar surface area (TPSA) is 66.8 Å². The molecule has 0 aliphatic heterocycles. The van der Waals surface area contributed by atoms with Gasteiger partial charge in [0.15, 0.2) is 6.10 Å². The normalized spacial score (nSPS) is 11.8. The molecule has 0 fully saturated rings. The molecule has 0 bridgehead atoms. The molecule has 1 atom stereocenters. The Morgan fingerprint density at radius 2 is 1.61 bits per heavy atom. The summed E-state index contributed by atoms with van der Waals surface area (Å²) in [5.74, 6) is -0.405. The average Bonchev–Trinajstić information content (AvgIpc) is 2.41. The number of carbonyl (C=O) groups is 1. The van der Waals surface area contributed by atoms with Gasteiger partial charge in [0.2, 0.25) is 0 Å². The Labute approximate surface area is 104 Å². The van der Waals surface area contributed by atoms with Crippen molar-refractivity contribution in [1.29, 1.82) is 0 Å². The van der Waals surface area contributed by atoms with Gasteiger partial charge in [-0.05, 0) is 29.8 Å². The van der Waals surface area contributed by atoms with E-state index < -0.39 is 12.1 Å². The van der Waals surface area contributed by atoms with E-state index in [1.165, 1.54) is 24.3 Å². The molecule has 0 saturated carbocycles. The number of aliphatic hydroxyl groups excluding tert-OH is 1. The maximum absolute atomic E-state index is 11.7. The Hall–Kier alpha value is -2.33. The number of hydrogen-bond acceptors (Lipinski definition) is 4. The smallest absolute Gasteiger partial charge is 0.345 e. The minimum Gasteiger partial charge on any atom is -0.508 e. The minimum absolute atomic E-state index is 0.0819. The lowest BCUT2D eigenvalue weighted by molar-refractivity contribution is -0.144. The first-order valence-corrected chi connectivity index (χ1v) is 5.40. The Bertz CT molecular complexity index is 519. The Morgan fingerprint density at radius 1 is 1.00 bits per heavy atom. The number of hydrogen-bond donors (Lipinski definition) is 2. The number of ether oxygens (including phenoxy) is 1. The molecule has 92 valence electrons. The number of benzene rings is 2. The second kappa shape index (κ2) is 5.33. The third-order valence-corrected chi connectivity index (χ3v) is 2.39. The zero-order valence-corrected chi connectivity index (χ0v) is 9.48. The number of phenolic OH excluding ortho intramolecular Hbond substituents is 1. The zero-order chi connectivity index (χ0) is 13.0. The van der Waals surface area contributed by atoms with Gasteiger partial charge in [-0.3, -0.25) is 0 Å². The van der Waals surface area contributed by atoms with E-state index in [2.05, 4.69) is 0 Å². The fourth-order valence-corrected chi connectivity index (χ4v) is 1.46. The van der Waals surface area contributed by atoms with E-state index in [0.717, 1.165) is 0 Å². The lowest BCUT2D eigenvalue weighted by atomic mass is 10.1. The van der Waals surface area contributed by atoms with Crippen molar-refractivity contribution in [2.24, 2.45) is 0 Å². The van der Waals surface area contributed by atoms with Gasteiger partial charge < -0.3 is 14.9 Å². The number of carbonyl (C=O) groups excluding carboxylic acids is 1. The Balaban J connectivity index is 2.06. The van der Waals surface area contributed by atoms with Crippen LogP contribution in [0, 0.1) is 0 Å². The van der Waals surface area contributed by atoms with Crippen LogP contribution in [0.5, 0.6) is 11.5 Å². The predicted octanol–water partition coefficient (Wildman–Crippen LogP) is 2.03. The molecule has 0 radical (unpaired) electrons. The maximum atomic E-state index is 11.7. The van der Waals surface area contributed by atoms with E-state index in [1.54, 1.807) is 30.3 Å². The van der Waals surface area contributed by atoms with Gasteiger partial charge in [0.25, 0.3) is 0 Å². The summed E-state index contributed by atoms with van der Waals surface area (Å²) in [6, 6.07) is 14.2. The van der Waals surface area contributed by atoms with E-state index in [4.69, 9.17) is 9.84 Å². The van der Waals surface area contributed by atoms with Gasteiger partial charge in [-0.1, -0.05) is 30.3 Å². The number of rotatable bonds is 3. The average molecular weight is 244 g/mol. The second-order valence-electron chi connectivity index (χ2n) is 3.73. The molecule has 2 aromatic carbocycles.